The standard InChI is InChI=1S/C16H17N5OS/c1-11-9-14(22)20-15(19-11)12(2)23-16-18-7-8-21(16)10-13-5-3-4-6-17-13/h3-9,12H,10H2,1-2H3,(H,19,20,22)/t12-/m0/s1. The van der Waals surface area contributed by atoms with Crippen LogP contribution < -0.4 is 5.56 Å². The molecule has 3 aromatic rings. The van der Waals surface area contributed by atoms with E-state index in [0.29, 0.717) is 18.1 Å². The monoisotopic (exact) mass is 327 g/mol. The minimum absolute atomic E-state index is 0.00696. The smallest absolute Gasteiger partial charge is 0.251 e. The average Bonchev–Trinajstić information content (AvgIpc) is 2.94. The van der Waals surface area contributed by atoms with Gasteiger partial charge in [0, 0.05) is 30.4 Å². The zero-order valence-corrected chi connectivity index (χ0v) is 13.7. The molecule has 0 aromatic carbocycles. The summed E-state index contributed by atoms with van der Waals surface area (Å²) in [6.45, 7) is 4.48. The van der Waals surface area contributed by atoms with Crippen LogP contribution in [-0.2, 0) is 6.54 Å². The van der Waals surface area contributed by atoms with Gasteiger partial charge in [-0.3, -0.25) is 9.78 Å². The number of hydrogen-bond acceptors (Lipinski definition) is 5. The fourth-order valence-corrected chi connectivity index (χ4v) is 3.13. The quantitative estimate of drug-likeness (QED) is 0.729. The van der Waals surface area contributed by atoms with Gasteiger partial charge < -0.3 is 9.55 Å². The summed E-state index contributed by atoms with van der Waals surface area (Å²) >= 11 is 1.56. The molecule has 3 rings (SSSR count). The van der Waals surface area contributed by atoms with Crippen LogP contribution in [-0.4, -0.2) is 24.5 Å². The van der Waals surface area contributed by atoms with Gasteiger partial charge in [-0.2, -0.15) is 0 Å². The highest BCUT2D eigenvalue weighted by molar-refractivity contribution is 7.99. The van der Waals surface area contributed by atoms with Crippen molar-refractivity contribution in [2.45, 2.75) is 30.8 Å². The zero-order chi connectivity index (χ0) is 16.2. The predicted octanol–water partition coefficient (Wildman–Crippen LogP) is 2.57. The van der Waals surface area contributed by atoms with Crippen molar-refractivity contribution in [2.24, 2.45) is 0 Å². The molecule has 0 aliphatic heterocycles. The lowest BCUT2D eigenvalue weighted by atomic mass is 10.3. The summed E-state index contributed by atoms with van der Waals surface area (Å²) in [5.74, 6) is 0.660. The van der Waals surface area contributed by atoms with Crippen molar-refractivity contribution in [1.29, 1.82) is 0 Å². The molecule has 0 amide bonds. The molecule has 0 saturated carbocycles. The fourth-order valence-electron chi connectivity index (χ4n) is 2.21. The van der Waals surface area contributed by atoms with Crippen molar-refractivity contribution in [3.63, 3.8) is 0 Å². The summed E-state index contributed by atoms with van der Waals surface area (Å²) in [6, 6.07) is 7.34. The van der Waals surface area contributed by atoms with Gasteiger partial charge in [0.1, 0.15) is 5.82 Å². The highest BCUT2D eigenvalue weighted by atomic mass is 32.2. The summed E-state index contributed by atoms with van der Waals surface area (Å²) < 4.78 is 2.04. The Balaban J connectivity index is 1.78. The van der Waals surface area contributed by atoms with Gasteiger partial charge in [0.15, 0.2) is 5.16 Å². The zero-order valence-electron chi connectivity index (χ0n) is 12.9. The SMILES string of the molecule is Cc1cc(=O)[nH]c([C@H](C)Sc2nccn2Cc2ccccn2)n1. The van der Waals surface area contributed by atoms with Gasteiger partial charge in [-0.15, -0.1) is 0 Å². The average molecular weight is 327 g/mol. The molecule has 6 nitrogen and oxygen atoms in total. The number of nitrogens with zero attached hydrogens (tertiary/aromatic N) is 4. The van der Waals surface area contributed by atoms with E-state index < -0.39 is 0 Å². The Bertz CT molecular complexity index is 843. The summed E-state index contributed by atoms with van der Waals surface area (Å²) in [6.07, 6.45) is 5.48. The number of hydrogen-bond donors (Lipinski definition) is 1. The molecule has 0 fully saturated rings. The summed E-state index contributed by atoms with van der Waals surface area (Å²) in [4.78, 5) is 27.5. The van der Waals surface area contributed by atoms with Crippen LogP contribution in [0.15, 0.2) is 52.8 Å². The normalized spacial score (nSPS) is 12.3. The lowest BCUT2D eigenvalue weighted by Gasteiger charge is -2.12. The maximum atomic E-state index is 11.6. The molecule has 0 bridgehead atoms. The van der Waals surface area contributed by atoms with Crippen LogP contribution in [0.3, 0.4) is 0 Å². The molecule has 0 spiro atoms. The molecule has 0 unspecified atom stereocenters. The van der Waals surface area contributed by atoms with Crippen LogP contribution in [0.25, 0.3) is 0 Å². The minimum Gasteiger partial charge on any atom is -0.320 e. The largest absolute Gasteiger partial charge is 0.320 e. The molecule has 118 valence electrons. The van der Waals surface area contributed by atoms with Gasteiger partial charge >= 0.3 is 0 Å². The molecule has 0 aliphatic carbocycles. The highest BCUT2D eigenvalue weighted by Crippen LogP contribution is 2.31. The van der Waals surface area contributed by atoms with E-state index in [1.54, 1.807) is 24.2 Å². The second-order valence-corrected chi connectivity index (χ2v) is 6.50. The number of pyridine rings is 1. The van der Waals surface area contributed by atoms with E-state index in [-0.39, 0.29) is 10.8 Å². The van der Waals surface area contributed by atoms with Crippen molar-refractivity contribution >= 4 is 11.8 Å². The number of H-pyrrole nitrogens is 1. The van der Waals surface area contributed by atoms with E-state index in [2.05, 4.69) is 19.9 Å². The van der Waals surface area contributed by atoms with Crippen LogP contribution in [0, 0.1) is 6.92 Å². The lowest BCUT2D eigenvalue weighted by molar-refractivity contribution is 0.691. The molecule has 7 heteroatoms. The Kier molecular flexibility index (Phi) is 4.57. The number of aryl methyl sites for hydroxylation is 1. The molecule has 23 heavy (non-hydrogen) atoms. The molecule has 0 aliphatic rings. The van der Waals surface area contributed by atoms with Crippen molar-refractivity contribution in [3.05, 3.63) is 70.4 Å². The van der Waals surface area contributed by atoms with Crippen molar-refractivity contribution in [3.8, 4) is 0 Å². The molecule has 1 atom stereocenters. The maximum absolute atomic E-state index is 11.6. The Hall–Kier alpha value is -2.41. The molecular weight excluding hydrogens is 310 g/mol. The van der Waals surface area contributed by atoms with Crippen LogP contribution in [0.2, 0.25) is 0 Å². The lowest BCUT2D eigenvalue weighted by Crippen LogP contribution is -2.12. The number of aromatic amines is 1. The topological polar surface area (TPSA) is 76.5 Å². The molecule has 0 saturated heterocycles. The third-order valence-electron chi connectivity index (χ3n) is 3.29. The van der Waals surface area contributed by atoms with E-state index in [0.717, 1.165) is 10.9 Å². The molecular formula is C16H17N5OS. The molecule has 3 heterocycles. The number of imidazole rings is 1. The van der Waals surface area contributed by atoms with Gasteiger partial charge in [-0.05, 0) is 26.0 Å². The van der Waals surface area contributed by atoms with E-state index in [4.69, 9.17) is 0 Å². The first kappa shape index (κ1) is 15.5. The van der Waals surface area contributed by atoms with Crippen molar-refractivity contribution in [1.82, 2.24) is 24.5 Å². The first-order chi connectivity index (χ1) is 11.1. The second-order valence-electron chi connectivity index (χ2n) is 5.19. The number of nitrogens with one attached hydrogen (secondary N) is 1. The Morgan fingerprint density at radius 3 is 2.91 bits per heavy atom. The van der Waals surface area contributed by atoms with E-state index >= 15 is 0 Å². The first-order valence-electron chi connectivity index (χ1n) is 7.27. The van der Waals surface area contributed by atoms with E-state index in [1.807, 2.05) is 42.8 Å². The Morgan fingerprint density at radius 1 is 1.30 bits per heavy atom. The summed E-state index contributed by atoms with van der Waals surface area (Å²) in [5.41, 5.74) is 1.56. The van der Waals surface area contributed by atoms with Gasteiger partial charge in [0.05, 0.1) is 17.5 Å². The third kappa shape index (κ3) is 3.87. The molecule has 0 radical (unpaired) electrons. The summed E-state index contributed by atoms with van der Waals surface area (Å²) in [5, 5.41) is 0.861. The van der Waals surface area contributed by atoms with Gasteiger partial charge in [-0.1, -0.05) is 17.8 Å². The van der Waals surface area contributed by atoms with E-state index in [9.17, 15) is 4.79 Å². The first-order valence-corrected chi connectivity index (χ1v) is 8.15. The fraction of sp³-hybridized carbons (Fsp3) is 0.250. The maximum Gasteiger partial charge on any atom is 0.251 e. The van der Waals surface area contributed by atoms with Gasteiger partial charge in [0.25, 0.3) is 5.56 Å². The van der Waals surface area contributed by atoms with Crippen LogP contribution in [0.1, 0.15) is 29.4 Å². The highest BCUT2D eigenvalue weighted by Gasteiger charge is 2.14. The van der Waals surface area contributed by atoms with Crippen molar-refractivity contribution < 1.29 is 0 Å². The minimum atomic E-state index is -0.128. The van der Waals surface area contributed by atoms with Gasteiger partial charge in [0.2, 0.25) is 0 Å². The summed E-state index contributed by atoms with van der Waals surface area (Å²) in [7, 11) is 0. The third-order valence-corrected chi connectivity index (χ3v) is 4.42. The Labute approximate surface area is 138 Å². The van der Waals surface area contributed by atoms with E-state index in [1.165, 1.54) is 6.07 Å². The predicted molar refractivity (Wildman–Crippen MR) is 89.4 cm³/mol. The number of thioether (sulfide) groups is 1. The second kappa shape index (κ2) is 6.78. The van der Waals surface area contributed by atoms with Crippen LogP contribution >= 0.6 is 11.8 Å². The molecule has 1 N–H and O–H groups in total. The number of aromatic nitrogens is 5. The number of rotatable bonds is 5. The molecule has 3 aromatic heterocycles. The Morgan fingerprint density at radius 2 is 2.17 bits per heavy atom. The van der Waals surface area contributed by atoms with Crippen molar-refractivity contribution in [2.75, 3.05) is 0 Å². The van der Waals surface area contributed by atoms with Gasteiger partial charge in [-0.25, -0.2) is 9.97 Å². The van der Waals surface area contributed by atoms with Crippen LogP contribution in [0.5, 0.6) is 0 Å². The van der Waals surface area contributed by atoms with Crippen LogP contribution in [0.4, 0.5) is 0 Å².